The number of hydrogen-bond acceptors (Lipinski definition) is 7. The number of hydrogen-bond donors (Lipinski definition) is 1. The Morgan fingerprint density at radius 3 is 2.68 bits per heavy atom. The van der Waals surface area contributed by atoms with E-state index in [1.165, 1.54) is 0 Å². The van der Waals surface area contributed by atoms with Gasteiger partial charge in [0.05, 0.1) is 6.54 Å². The molecule has 8 heteroatoms. The Balaban J connectivity index is 1.47. The molecule has 2 aromatic carbocycles. The molecule has 0 bridgehead atoms. The van der Waals surface area contributed by atoms with Crippen LogP contribution in [0.1, 0.15) is 27.4 Å². The molecule has 1 heterocycles. The highest BCUT2D eigenvalue weighted by molar-refractivity contribution is 7.99. The summed E-state index contributed by atoms with van der Waals surface area (Å²) in [6, 6.07) is 14.5. The number of carbonyl (C=O) groups is 2. The molecule has 0 aliphatic heterocycles. The van der Waals surface area contributed by atoms with Crippen molar-refractivity contribution in [3.05, 3.63) is 71.1 Å². The van der Waals surface area contributed by atoms with Gasteiger partial charge in [0.1, 0.15) is 11.5 Å². The summed E-state index contributed by atoms with van der Waals surface area (Å²) in [6.07, 6.45) is 0. The van der Waals surface area contributed by atoms with Gasteiger partial charge < -0.3 is 14.5 Å². The van der Waals surface area contributed by atoms with Gasteiger partial charge in [0.15, 0.2) is 0 Å². The van der Waals surface area contributed by atoms with E-state index in [1.54, 1.807) is 24.3 Å². The highest BCUT2D eigenvalue weighted by Crippen LogP contribution is 2.21. The topological polar surface area (TPSA) is 94.3 Å². The van der Waals surface area contributed by atoms with Crippen LogP contribution < -0.4 is 10.1 Å². The molecule has 7 nitrogen and oxygen atoms in total. The maximum Gasteiger partial charge on any atom is 0.321 e. The minimum absolute atomic E-state index is 0.0331. The largest absolute Gasteiger partial charge is 0.426 e. The van der Waals surface area contributed by atoms with E-state index < -0.39 is 5.97 Å². The molecular formula is C20H19N3O4S. The van der Waals surface area contributed by atoms with Crippen LogP contribution in [0.3, 0.4) is 0 Å². The second kappa shape index (κ2) is 9.18. The molecule has 0 saturated heterocycles. The maximum atomic E-state index is 12.0. The Kier molecular flexibility index (Phi) is 6.44. The Hall–Kier alpha value is -3.13. The fourth-order valence-electron chi connectivity index (χ4n) is 2.31. The van der Waals surface area contributed by atoms with Gasteiger partial charge in [-0.2, -0.15) is 0 Å². The van der Waals surface area contributed by atoms with Gasteiger partial charge >= 0.3 is 5.97 Å². The van der Waals surface area contributed by atoms with E-state index in [1.807, 2.05) is 38.1 Å². The van der Waals surface area contributed by atoms with Crippen LogP contribution in [0, 0.1) is 13.8 Å². The summed E-state index contributed by atoms with van der Waals surface area (Å²) in [5.74, 6) is 0.196. The lowest BCUT2D eigenvalue weighted by atomic mass is 10.1. The van der Waals surface area contributed by atoms with Gasteiger partial charge in [-0.3, -0.25) is 9.59 Å². The van der Waals surface area contributed by atoms with Crippen LogP contribution in [0.15, 0.2) is 58.2 Å². The number of nitrogens with one attached hydrogen (secondary N) is 1. The van der Waals surface area contributed by atoms with E-state index in [0.29, 0.717) is 11.3 Å². The minimum atomic E-state index is -0.407. The third kappa shape index (κ3) is 5.43. The summed E-state index contributed by atoms with van der Waals surface area (Å²) >= 11 is 1.08. The molecule has 1 aromatic heterocycles. The van der Waals surface area contributed by atoms with Crippen molar-refractivity contribution in [3.63, 3.8) is 0 Å². The number of aromatic nitrogens is 2. The molecule has 1 amide bonds. The van der Waals surface area contributed by atoms with Crippen molar-refractivity contribution in [1.82, 2.24) is 15.5 Å². The zero-order valence-corrected chi connectivity index (χ0v) is 16.3. The molecule has 3 rings (SSSR count). The molecule has 1 N–H and O–H groups in total. The van der Waals surface area contributed by atoms with Crippen LogP contribution >= 0.6 is 11.8 Å². The Morgan fingerprint density at radius 2 is 1.89 bits per heavy atom. The second-order valence-corrected chi connectivity index (χ2v) is 6.97. The molecule has 3 aromatic rings. The van der Waals surface area contributed by atoms with Gasteiger partial charge in [0.25, 0.3) is 11.1 Å². The Labute approximate surface area is 166 Å². The number of benzene rings is 2. The SMILES string of the molecule is Cc1ccc(C)c(OC(=O)CSc2nnc(CNC(=O)c3ccccc3)o2)c1. The van der Waals surface area contributed by atoms with E-state index in [0.717, 1.165) is 22.9 Å². The zero-order valence-electron chi connectivity index (χ0n) is 15.5. The molecule has 0 spiro atoms. The first-order valence-electron chi connectivity index (χ1n) is 8.57. The first-order valence-corrected chi connectivity index (χ1v) is 9.56. The molecule has 0 atom stereocenters. The number of ether oxygens (including phenoxy) is 1. The molecule has 0 unspecified atom stereocenters. The van der Waals surface area contributed by atoms with Gasteiger partial charge in [0.2, 0.25) is 5.89 Å². The minimum Gasteiger partial charge on any atom is -0.426 e. The summed E-state index contributed by atoms with van der Waals surface area (Å²) in [5.41, 5.74) is 2.45. The van der Waals surface area contributed by atoms with E-state index in [4.69, 9.17) is 9.15 Å². The average Bonchev–Trinajstić information content (AvgIpc) is 3.16. The van der Waals surface area contributed by atoms with Crippen molar-refractivity contribution in [1.29, 1.82) is 0 Å². The lowest BCUT2D eigenvalue weighted by Gasteiger charge is -2.07. The van der Waals surface area contributed by atoms with Crippen molar-refractivity contribution in [3.8, 4) is 5.75 Å². The van der Waals surface area contributed by atoms with Crippen LogP contribution in [0.2, 0.25) is 0 Å². The van der Waals surface area contributed by atoms with E-state index >= 15 is 0 Å². The van der Waals surface area contributed by atoms with Crippen LogP contribution in [-0.2, 0) is 11.3 Å². The van der Waals surface area contributed by atoms with E-state index in [2.05, 4.69) is 15.5 Å². The molecule has 0 radical (unpaired) electrons. The van der Waals surface area contributed by atoms with Crippen molar-refractivity contribution in [2.45, 2.75) is 25.6 Å². The van der Waals surface area contributed by atoms with Crippen LogP contribution in [0.4, 0.5) is 0 Å². The number of aryl methyl sites for hydroxylation is 2. The van der Waals surface area contributed by atoms with Crippen molar-refractivity contribution >= 4 is 23.6 Å². The number of rotatable bonds is 7. The molecule has 144 valence electrons. The number of thioether (sulfide) groups is 1. The lowest BCUT2D eigenvalue weighted by molar-refractivity contribution is -0.131. The summed E-state index contributed by atoms with van der Waals surface area (Å²) in [7, 11) is 0. The van der Waals surface area contributed by atoms with Crippen LogP contribution in [0.25, 0.3) is 0 Å². The van der Waals surface area contributed by atoms with Crippen molar-refractivity contribution < 1.29 is 18.7 Å². The number of amides is 1. The van der Waals surface area contributed by atoms with E-state index in [9.17, 15) is 9.59 Å². The van der Waals surface area contributed by atoms with Gasteiger partial charge in [0, 0.05) is 5.56 Å². The molecular weight excluding hydrogens is 378 g/mol. The van der Waals surface area contributed by atoms with Gasteiger partial charge in [-0.25, -0.2) is 0 Å². The highest BCUT2D eigenvalue weighted by Gasteiger charge is 2.13. The Bertz CT molecular complexity index is 973. The lowest BCUT2D eigenvalue weighted by Crippen LogP contribution is -2.22. The first kappa shape index (κ1) is 19.6. The smallest absolute Gasteiger partial charge is 0.321 e. The van der Waals surface area contributed by atoms with Gasteiger partial charge in [-0.05, 0) is 43.2 Å². The average molecular weight is 397 g/mol. The predicted octanol–water partition coefficient (Wildman–Crippen LogP) is 3.31. The number of carbonyl (C=O) groups excluding carboxylic acids is 2. The standard InChI is InChI=1S/C20H19N3O4S/c1-13-8-9-14(2)16(10-13)26-18(24)12-28-20-23-22-17(27-20)11-21-19(25)15-6-4-3-5-7-15/h3-10H,11-12H2,1-2H3,(H,21,25). The monoisotopic (exact) mass is 397 g/mol. The molecule has 0 aliphatic rings. The predicted molar refractivity (Wildman–Crippen MR) is 104 cm³/mol. The normalized spacial score (nSPS) is 10.5. The molecule has 0 aliphatic carbocycles. The highest BCUT2D eigenvalue weighted by atomic mass is 32.2. The second-order valence-electron chi connectivity index (χ2n) is 6.04. The number of esters is 1. The zero-order chi connectivity index (χ0) is 19.9. The van der Waals surface area contributed by atoms with Crippen molar-refractivity contribution in [2.24, 2.45) is 0 Å². The molecule has 28 heavy (non-hydrogen) atoms. The quantitative estimate of drug-likeness (QED) is 0.371. The fraction of sp³-hybridized carbons (Fsp3) is 0.200. The fourth-order valence-corrected chi connectivity index (χ4v) is 2.86. The van der Waals surface area contributed by atoms with E-state index in [-0.39, 0.29) is 29.3 Å². The third-order valence-corrected chi connectivity index (χ3v) is 4.56. The first-order chi connectivity index (χ1) is 13.5. The molecule has 0 fully saturated rings. The molecule has 0 saturated carbocycles. The summed E-state index contributed by atoms with van der Waals surface area (Å²) < 4.78 is 10.8. The maximum absolute atomic E-state index is 12.0. The van der Waals surface area contributed by atoms with Gasteiger partial charge in [-0.1, -0.05) is 42.1 Å². The third-order valence-electron chi connectivity index (χ3n) is 3.77. The van der Waals surface area contributed by atoms with Crippen LogP contribution in [0.5, 0.6) is 5.75 Å². The van der Waals surface area contributed by atoms with Crippen molar-refractivity contribution in [2.75, 3.05) is 5.75 Å². The summed E-state index contributed by atoms with van der Waals surface area (Å²) in [4.78, 5) is 24.0. The summed E-state index contributed by atoms with van der Waals surface area (Å²) in [6.45, 7) is 3.92. The summed E-state index contributed by atoms with van der Waals surface area (Å²) in [5, 5.41) is 10.7. The Morgan fingerprint density at radius 1 is 1.11 bits per heavy atom. The van der Waals surface area contributed by atoms with Gasteiger partial charge in [-0.15, -0.1) is 10.2 Å². The van der Waals surface area contributed by atoms with Crippen LogP contribution in [-0.4, -0.2) is 27.8 Å². The number of nitrogens with zero attached hydrogens (tertiary/aromatic N) is 2.